The number of hydrogen-bond donors (Lipinski definition) is 0. The van der Waals surface area contributed by atoms with Gasteiger partial charge in [0.1, 0.15) is 5.25 Å². The summed E-state index contributed by atoms with van der Waals surface area (Å²) in [6.45, 7) is 1.78. The number of methoxy groups -OCH3 is 1. The Balaban J connectivity index is 2.78. The van der Waals surface area contributed by atoms with Gasteiger partial charge in [0, 0.05) is 24.3 Å². The highest BCUT2D eigenvalue weighted by molar-refractivity contribution is 7.92. The van der Waals surface area contributed by atoms with Crippen molar-refractivity contribution < 1.29 is 17.9 Å². The fraction of sp³-hybridized carbons (Fsp3) is 0.462. The number of halogens is 1. The molecule has 0 heterocycles. The van der Waals surface area contributed by atoms with E-state index >= 15 is 0 Å². The Hall–Kier alpha value is -0.910. The molecule has 0 radical (unpaired) electrons. The van der Waals surface area contributed by atoms with Gasteiger partial charge < -0.3 is 4.74 Å². The largest absolute Gasteiger partial charge is 0.385 e. The van der Waals surface area contributed by atoms with Gasteiger partial charge in [-0.15, -0.1) is 0 Å². The smallest absolute Gasteiger partial charge is 0.180 e. The van der Waals surface area contributed by atoms with Crippen molar-refractivity contribution in [2.45, 2.75) is 18.6 Å². The van der Waals surface area contributed by atoms with Gasteiger partial charge in [-0.05, 0) is 37.6 Å². The third kappa shape index (κ3) is 4.60. The Morgan fingerprint density at radius 2 is 1.89 bits per heavy atom. The molecule has 1 unspecified atom stereocenters. The van der Waals surface area contributed by atoms with Crippen LogP contribution in [0.3, 0.4) is 0 Å². The number of hydrogen-bond acceptors (Lipinski definition) is 4. The lowest BCUT2D eigenvalue weighted by atomic mass is 10.1. The summed E-state index contributed by atoms with van der Waals surface area (Å²) in [6, 6.07) is 6.20. The Bertz CT molecular complexity index is 522. The van der Waals surface area contributed by atoms with E-state index in [1.54, 1.807) is 12.1 Å². The molecule has 0 saturated heterocycles. The van der Waals surface area contributed by atoms with Crippen LogP contribution in [0.2, 0.25) is 5.02 Å². The lowest BCUT2D eigenvalue weighted by Gasteiger charge is -2.12. The van der Waals surface area contributed by atoms with Crippen molar-refractivity contribution in [3.05, 3.63) is 34.9 Å². The van der Waals surface area contributed by atoms with Gasteiger partial charge in [-0.3, -0.25) is 4.79 Å². The van der Waals surface area contributed by atoms with Crippen molar-refractivity contribution in [3.8, 4) is 0 Å². The fourth-order valence-corrected chi connectivity index (χ4v) is 3.06. The average molecular weight is 305 g/mol. The van der Waals surface area contributed by atoms with E-state index in [4.69, 9.17) is 16.3 Å². The van der Waals surface area contributed by atoms with E-state index in [0.29, 0.717) is 23.6 Å². The van der Waals surface area contributed by atoms with Gasteiger partial charge in [0.15, 0.2) is 15.6 Å². The van der Waals surface area contributed by atoms with Crippen LogP contribution >= 0.6 is 11.6 Å². The first-order chi connectivity index (χ1) is 8.88. The van der Waals surface area contributed by atoms with E-state index < -0.39 is 20.9 Å². The molecular formula is C13H17ClO4S. The second-order valence-corrected chi connectivity index (χ2v) is 7.10. The molecule has 0 spiro atoms. The molecule has 0 aliphatic carbocycles. The number of carbonyl (C=O) groups excluding carboxylic acids is 1. The monoisotopic (exact) mass is 304 g/mol. The van der Waals surface area contributed by atoms with Gasteiger partial charge in [-0.25, -0.2) is 8.42 Å². The van der Waals surface area contributed by atoms with Crippen LogP contribution in [0.25, 0.3) is 0 Å². The van der Waals surface area contributed by atoms with Gasteiger partial charge in [0.2, 0.25) is 0 Å². The Morgan fingerprint density at radius 1 is 1.32 bits per heavy atom. The van der Waals surface area contributed by atoms with Gasteiger partial charge in [0.05, 0.1) is 5.75 Å². The summed E-state index contributed by atoms with van der Waals surface area (Å²) < 4.78 is 28.8. The molecule has 0 amide bonds. The summed E-state index contributed by atoms with van der Waals surface area (Å²) in [4.78, 5) is 12.1. The van der Waals surface area contributed by atoms with Crippen molar-refractivity contribution in [2.24, 2.45) is 0 Å². The highest BCUT2D eigenvalue weighted by atomic mass is 35.5. The number of ketones is 1. The minimum Gasteiger partial charge on any atom is -0.385 e. The van der Waals surface area contributed by atoms with E-state index in [9.17, 15) is 13.2 Å². The summed E-state index contributed by atoms with van der Waals surface area (Å²) in [5.74, 6) is -0.462. The molecule has 0 saturated carbocycles. The van der Waals surface area contributed by atoms with Crippen LogP contribution in [0.5, 0.6) is 0 Å². The van der Waals surface area contributed by atoms with Crippen molar-refractivity contribution in [1.29, 1.82) is 0 Å². The number of sulfone groups is 1. The normalized spacial score (nSPS) is 13.2. The van der Waals surface area contributed by atoms with E-state index in [2.05, 4.69) is 0 Å². The summed E-state index contributed by atoms with van der Waals surface area (Å²) in [6.07, 6.45) is 0.386. The predicted octanol–water partition coefficient (Wildman–Crippen LogP) is 2.36. The summed E-state index contributed by atoms with van der Waals surface area (Å²) in [7, 11) is -1.94. The van der Waals surface area contributed by atoms with E-state index in [1.807, 2.05) is 0 Å². The molecule has 0 aliphatic heterocycles. The van der Waals surface area contributed by atoms with Crippen molar-refractivity contribution in [3.63, 3.8) is 0 Å². The third-order valence-electron chi connectivity index (χ3n) is 2.81. The highest BCUT2D eigenvalue weighted by Crippen LogP contribution is 2.15. The number of rotatable bonds is 7. The van der Waals surface area contributed by atoms with Crippen LogP contribution in [0.4, 0.5) is 0 Å². The Morgan fingerprint density at radius 3 is 2.42 bits per heavy atom. The van der Waals surface area contributed by atoms with Crippen molar-refractivity contribution >= 4 is 27.2 Å². The van der Waals surface area contributed by atoms with Crippen LogP contribution < -0.4 is 0 Å². The summed E-state index contributed by atoms with van der Waals surface area (Å²) in [5.41, 5.74) is 0.354. The molecule has 4 nitrogen and oxygen atoms in total. The highest BCUT2D eigenvalue weighted by Gasteiger charge is 2.28. The van der Waals surface area contributed by atoms with Crippen molar-refractivity contribution in [2.75, 3.05) is 19.5 Å². The van der Waals surface area contributed by atoms with Gasteiger partial charge in [-0.2, -0.15) is 0 Å². The third-order valence-corrected chi connectivity index (χ3v) is 5.22. The quantitative estimate of drug-likeness (QED) is 0.573. The number of ether oxygens (including phenoxy) is 1. The lowest BCUT2D eigenvalue weighted by Crippen LogP contribution is -2.29. The maximum atomic E-state index is 12.1. The fourth-order valence-electron chi connectivity index (χ4n) is 1.59. The first-order valence-corrected chi connectivity index (χ1v) is 7.98. The van der Waals surface area contributed by atoms with Gasteiger partial charge >= 0.3 is 0 Å². The maximum absolute atomic E-state index is 12.1. The number of benzene rings is 1. The molecule has 0 aromatic heterocycles. The minimum atomic E-state index is -3.45. The standard InChI is InChI=1S/C13H17ClO4S/c1-10(19(16,17)9-3-8-18-2)13(15)11-4-6-12(14)7-5-11/h4-7,10H,3,8-9H2,1-2H3. The summed E-state index contributed by atoms with van der Waals surface area (Å²) >= 11 is 5.73. The average Bonchev–Trinajstić information content (AvgIpc) is 2.38. The molecule has 0 aliphatic rings. The molecule has 0 bridgehead atoms. The molecule has 6 heteroatoms. The second kappa shape index (κ2) is 7.03. The molecule has 1 aromatic rings. The molecule has 0 N–H and O–H groups in total. The molecule has 1 aromatic carbocycles. The van der Waals surface area contributed by atoms with E-state index in [-0.39, 0.29) is 5.75 Å². The Kier molecular flexibility index (Phi) is 5.97. The first-order valence-electron chi connectivity index (χ1n) is 5.89. The Labute approximate surface area is 118 Å². The van der Waals surface area contributed by atoms with Gasteiger partial charge in [-0.1, -0.05) is 11.6 Å². The summed E-state index contributed by atoms with van der Waals surface area (Å²) in [5, 5.41) is -0.544. The molecule has 1 rings (SSSR count). The van der Waals surface area contributed by atoms with Crippen LogP contribution in [-0.4, -0.2) is 38.9 Å². The van der Waals surface area contributed by atoms with Gasteiger partial charge in [0.25, 0.3) is 0 Å². The SMILES string of the molecule is COCCCS(=O)(=O)C(C)C(=O)c1ccc(Cl)cc1. The maximum Gasteiger partial charge on any atom is 0.180 e. The molecule has 1 atom stereocenters. The predicted molar refractivity (Wildman–Crippen MR) is 75.5 cm³/mol. The van der Waals surface area contributed by atoms with Crippen LogP contribution in [0.1, 0.15) is 23.7 Å². The van der Waals surface area contributed by atoms with Crippen LogP contribution in [-0.2, 0) is 14.6 Å². The van der Waals surface area contributed by atoms with E-state index in [1.165, 1.54) is 26.2 Å². The topological polar surface area (TPSA) is 60.4 Å². The number of Topliss-reactive ketones (excluding diaryl/α,β-unsaturated/α-hetero) is 1. The zero-order valence-corrected chi connectivity index (χ0v) is 12.5. The van der Waals surface area contributed by atoms with Crippen LogP contribution in [0, 0.1) is 0 Å². The zero-order valence-electron chi connectivity index (χ0n) is 10.9. The van der Waals surface area contributed by atoms with E-state index in [0.717, 1.165) is 0 Å². The van der Waals surface area contributed by atoms with Crippen molar-refractivity contribution in [1.82, 2.24) is 0 Å². The molecular weight excluding hydrogens is 288 g/mol. The molecule has 0 fully saturated rings. The molecule has 19 heavy (non-hydrogen) atoms. The van der Waals surface area contributed by atoms with Crippen LogP contribution in [0.15, 0.2) is 24.3 Å². The number of carbonyl (C=O) groups is 1. The lowest BCUT2D eigenvalue weighted by molar-refractivity contribution is 0.0991. The minimum absolute atomic E-state index is 0.0542. The second-order valence-electron chi connectivity index (χ2n) is 4.23. The first kappa shape index (κ1) is 16.1. The zero-order chi connectivity index (χ0) is 14.5. The molecule has 106 valence electrons.